The molecule has 4 heteroatoms. The minimum atomic E-state index is 0.594. The molecule has 0 atom stereocenters. The van der Waals surface area contributed by atoms with E-state index in [1.807, 2.05) is 36.4 Å². The van der Waals surface area contributed by atoms with Gasteiger partial charge in [-0.1, -0.05) is 54.7 Å². The van der Waals surface area contributed by atoms with Crippen LogP contribution in [0.2, 0.25) is 0 Å². The number of methoxy groups -OCH3 is 1. The van der Waals surface area contributed by atoms with Crippen molar-refractivity contribution in [1.29, 1.82) is 0 Å². The van der Waals surface area contributed by atoms with Gasteiger partial charge >= 0.3 is 0 Å². The Labute approximate surface area is 130 Å². The lowest BCUT2D eigenvalue weighted by atomic mass is 10.1. The van der Waals surface area contributed by atoms with Crippen molar-refractivity contribution < 1.29 is 4.74 Å². The minimum Gasteiger partial charge on any atom is -0.497 e. The highest BCUT2D eigenvalue weighted by atomic mass is 32.1. The first-order valence-corrected chi connectivity index (χ1v) is 7.19. The summed E-state index contributed by atoms with van der Waals surface area (Å²) in [4.78, 5) is 2.06. The normalized spacial score (nSPS) is 10.1. The van der Waals surface area contributed by atoms with E-state index in [9.17, 15) is 0 Å². The fourth-order valence-corrected chi connectivity index (χ4v) is 2.26. The molecule has 0 aliphatic carbocycles. The molecule has 2 aromatic rings. The van der Waals surface area contributed by atoms with Gasteiger partial charge in [0.2, 0.25) is 0 Å². The first kappa shape index (κ1) is 14.9. The van der Waals surface area contributed by atoms with Crippen LogP contribution in [-0.2, 0) is 13.1 Å². The van der Waals surface area contributed by atoms with Crippen molar-refractivity contribution in [2.24, 2.45) is 0 Å². The predicted octanol–water partition coefficient (Wildman–Crippen LogP) is 3.91. The van der Waals surface area contributed by atoms with Crippen LogP contribution in [0.15, 0.2) is 54.6 Å². The Balaban J connectivity index is 2.11. The van der Waals surface area contributed by atoms with Gasteiger partial charge in [0.05, 0.1) is 7.11 Å². The summed E-state index contributed by atoms with van der Waals surface area (Å²) in [5, 5.41) is 0. The Hall–Kier alpha value is -1.52. The van der Waals surface area contributed by atoms with E-state index >= 15 is 0 Å². The zero-order chi connectivity index (χ0) is 14.4. The SMILES string of the molecule is COc1cccc(CN(Cc2ccccc2)C(=S)S)c1. The molecule has 20 heavy (non-hydrogen) atoms. The van der Waals surface area contributed by atoms with Crippen LogP contribution in [0.5, 0.6) is 5.75 Å². The predicted molar refractivity (Wildman–Crippen MR) is 90.3 cm³/mol. The summed E-state index contributed by atoms with van der Waals surface area (Å²) in [6.07, 6.45) is 0. The van der Waals surface area contributed by atoms with Crippen molar-refractivity contribution in [3.63, 3.8) is 0 Å². The van der Waals surface area contributed by atoms with Gasteiger partial charge < -0.3 is 9.64 Å². The van der Waals surface area contributed by atoms with Crippen LogP contribution in [0.25, 0.3) is 0 Å². The standard InChI is InChI=1S/C16H17NOS2/c1-18-15-9-5-8-14(10-15)12-17(16(19)20)11-13-6-3-2-4-7-13/h2-10H,11-12H2,1H3,(H,19,20). The van der Waals surface area contributed by atoms with Gasteiger partial charge in [0.25, 0.3) is 0 Å². The molecule has 2 rings (SSSR count). The number of thiol groups is 1. The molecule has 0 N–H and O–H groups in total. The highest BCUT2D eigenvalue weighted by molar-refractivity contribution is 8.10. The highest BCUT2D eigenvalue weighted by Gasteiger charge is 2.08. The Morgan fingerprint density at radius 1 is 1.05 bits per heavy atom. The van der Waals surface area contributed by atoms with E-state index in [1.54, 1.807) is 7.11 Å². The number of rotatable bonds is 5. The average Bonchev–Trinajstić information content (AvgIpc) is 2.48. The van der Waals surface area contributed by atoms with Crippen molar-refractivity contribution in [3.05, 3.63) is 65.7 Å². The Kier molecular flexibility index (Phi) is 5.44. The summed E-state index contributed by atoms with van der Waals surface area (Å²) < 4.78 is 5.84. The molecule has 2 nitrogen and oxygen atoms in total. The maximum absolute atomic E-state index is 5.24. The van der Waals surface area contributed by atoms with Gasteiger partial charge in [0.15, 0.2) is 0 Å². The van der Waals surface area contributed by atoms with E-state index in [0.717, 1.165) is 17.9 Å². The average molecular weight is 303 g/mol. The van der Waals surface area contributed by atoms with Gasteiger partial charge in [-0.3, -0.25) is 0 Å². The third kappa shape index (κ3) is 4.25. The molecule has 0 saturated carbocycles. The molecule has 0 radical (unpaired) electrons. The van der Waals surface area contributed by atoms with Crippen LogP contribution in [0.4, 0.5) is 0 Å². The third-order valence-electron chi connectivity index (χ3n) is 2.99. The van der Waals surface area contributed by atoms with Gasteiger partial charge in [0, 0.05) is 13.1 Å². The van der Waals surface area contributed by atoms with Crippen LogP contribution < -0.4 is 4.74 Å². The molecule has 0 saturated heterocycles. The second-order valence-corrected chi connectivity index (χ2v) is 5.59. The summed E-state index contributed by atoms with van der Waals surface area (Å²) in [6, 6.07) is 18.2. The highest BCUT2D eigenvalue weighted by Crippen LogP contribution is 2.17. The molecule has 2 aromatic carbocycles. The maximum atomic E-state index is 5.24. The lowest BCUT2D eigenvalue weighted by Gasteiger charge is -2.23. The van der Waals surface area contributed by atoms with Gasteiger partial charge in [-0.2, -0.15) is 0 Å². The van der Waals surface area contributed by atoms with Gasteiger partial charge in [-0.15, -0.1) is 12.6 Å². The zero-order valence-corrected chi connectivity index (χ0v) is 13.0. The summed E-state index contributed by atoms with van der Waals surface area (Å²) in [7, 11) is 1.67. The van der Waals surface area contributed by atoms with Gasteiger partial charge in [-0.05, 0) is 23.3 Å². The quantitative estimate of drug-likeness (QED) is 0.664. The number of nitrogens with zero attached hydrogens (tertiary/aromatic N) is 1. The molecule has 0 spiro atoms. The molecule has 0 aromatic heterocycles. The largest absolute Gasteiger partial charge is 0.497 e. The lowest BCUT2D eigenvalue weighted by molar-refractivity contribution is 0.406. The first-order valence-electron chi connectivity index (χ1n) is 6.34. The van der Waals surface area contributed by atoms with Crippen LogP contribution in [0.3, 0.4) is 0 Å². The summed E-state index contributed by atoms with van der Waals surface area (Å²) >= 11 is 9.56. The van der Waals surface area contributed by atoms with Gasteiger partial charge in [-0.25, -0.2) is 0 Å². The van der Waals surface area contributed by atoms with Crippen molar-refractivity contribution in [2.45, 2.75) is 13.1 Å². The molecular formula is C16H17NOS2. The lowest BCUT2D eigenvalue weighted by Crippen LogP contribution is -2.25. The Bertz CT molecular complexity index is 572. The molecule has 0 bridgehead atoms. The minimum absolute atomic E-state index is 0.594. The Morgan fingerprint density at radius 3 is 2.35 bits per heavy atom. The van der Waals surface area contributed by atoms with E-state index in [1.165, 1.54) is 5.56 Å². The fourth-order valence-electron chi connectivity index (χ4n) is 1.99. The van der Waals surface area contributed by atoms with Crippen LogP contribution in [0.1, 0.15) is 11.1 Å². The summed E-state index contributed by atoms with van der Waals surface area (Å²) in [5.74, 6) is 0.854. The number of thiocarbonyl (C=S) groups is 1. The molecule has 0 heterocycles. The number of ether oxygens (including phenoxy) is 1. The van der Waals surface area contributed by atoms with E-state index < -0.39 is 0 Å². The number of hydrogen-bond donors (Lipinski definition) is 1. The third-order valence-corrected chi connectivity index (χ3v) is 3.54. The van der Waals surface area contributed by atoms with Crippen LogP contribution in [0, 0.1) is 0 Å². The number of benzene rings is 2. The monoisotopic (exact) mass is 303 g/mol. The van der Waals surface area contributed by atoms with E-state index in [0.29, 0.717) is 10.9 Å². The van der Waals surface area contributed by atoms with E-state index in [4.69, 9.17) is 17.0 Å². The molecule has 0 aliphatic heterocycles. The summed E-state index contributed by atoms with van der Waals surface area (Å²) in [6.45, 7) is 1.47. The molecule has 0 fully saturated rings. The smallest absolute Gasteiger partial charge is 0.133 e. The Morgan fingerprint density at radius 2 is 1.70 bits per heavy atom. The summed E-state index contributed by atoms with van der Waals surface area (Å²) in [5.41, 5.74) is 2.36. The first-order chi connectivity index (χ1) is 9.69. The molecule has 0 unspecified atom stereocenters. The van der Waals surface area contributed by atoms with Crippen molar-refractivity contribution >= 4 is 29.2 Å². The topological polar surface area (TPSA) is 12.5 Å². The molecule has 104 valence electrons. The zero-order valence-electron chi connectivity index (χ0n) is 11.3. The van der Waals surface area contributed by atoms with Crippen LogP contribution >= 0.6 is 24.8 Å². The fraction of sp³-hybridized carbons (Fsp3) is 0.188. The molecule has 0 amide bonds. The van der Waals surface area contributed by atoms with Crippen molar-refractivity contribution in [1.82, 2.24) is 4.90 Å². The van der Waals surface area contributed by atoms with Crippen molar-refractivity contribution in [2.75, 3.05) is 7.11 Å². The van der Waals surface area contributed by atoms with E-state index in [-0.39, 0.29) is 0 Å². The van der Waals surface area contributed by atoms with E-state index in [2.05, 4.69) is 35.7 Å². The van der Waals surface area contributed by atoms with Crippen molar-refractivity contribution in [3.8, 4) is 5.75 Å². The molecule has 0 aliphatic rings. The maximum Gasteiger partial charge on any atom is 0.133 e. The number of hydrogen-bond acceptors (Lipinski definition) is 2. The van der Waals surface area contributed by atoms with Gasteiger partial charge in [0.1, 0.15) is 10.1 Å². The molecular weight excluding hydrogens is 286 g/mol. The van der Waals surface area contributed by atoms with Crippen LogP contribution in [-0.4, -0.2) is 16.3 Å². The second-order valence-electron chi connectivity index (χ2n) is 4.48. The second kappa shape index (κ2) is 7.31.